The quantitative estimate of drug-likeness (QED) is 0.836. The van der Waals surface area contributed by atoms with Crippen LogP contribution >= 0.6 is 0 Å². The van der Waals surface area contributed by atoms with Gasteiger partial charge in [-0.25, -0.2) is 0 Å². The van der Waals surface area contributed by atoms with Gasteiger partial charge in [0.2, 0.25) is 5.91 Å². The van der Waals surface area contributed by atoms with Crippen molar-refractivity contribution < 1.29 is 4.79 Å². The summed E-state index contributed by atoms with van der Waals surface area (Å²) in [6.45, 7) is 10.9. The zero-order valence-corrected chi connectivity index (χ0v) is 12.3. The first kappa shape index (κ1) is 13.9. The van der Waals surface area contributed by atoms with Gasteiger partial charge >= 0.3 is 0 Å². The third-order valence-corrected chi connectivity index (χ3v) is 4.59. The number of hydrogen-bond donors (Lipinski definition) is 1. The zero-order chi connectivity index (χ0) is 13.3. The highest BCUT2D eigenvalue weighted by Crippen LogP contribution is 2.40. The molecule has 1 aliphatic carbocycles. The van der Waals surface area contributed by atoms with Gasteiger partial charge in [-0.3, -0.25) is 4.79 Å². The summed E-state index contributed by atoms with van der Waals surface area (Å²) in [4.78, 5) is 14.3. The Balaban J connectivity index is 1.87. The number of amides is 1. The Hall–Kier alpha value is -0.570. The van der Waals surface area contributed by atoms with Crippen LogP contribution in [-0.4, -0.2) is 36.0 Å². The maximum Gasteiger partial charge on any atom is 0.239 e. The van der Waals surface area contributed by atoms with Gasteiger partial charge in [0.15, 0.2) is 0 Å². The molecule has 0 bridgehead atoms. The summed E-state index contributed by atoms with van der Waals surface area (Å²) in [6.07, 6.45) is 4.79. The SMILES string of the molecule is CC(NC1CC(C)(C)CC1C)C(=O)N1CCCC1. The molecule has 2 aliphatic rings. The Bertz CT molecular complexity index is 308. The van der Waals surface area contributed by atoms with E-state index in [0.717, 1.165) is 13.1 Å². The molecule has 104 valence electrons. The Kier molecular flexibility index (Phi) is 4.00. The fourth-order valence-electron chi connectivity index (χ4n) is 3.72. The van der Waals surface area contributed by atoms with Crippen molar-refractivity contribution in [2.45, 2.75) is 65.5 Å². The van der Waals surface area contributed by atoms with Crippen LogP contribution < -0.4 is 5.32 Å². The fourth-order valence-corrected chi connectivity index (χ4v) is 3.72. The summed E-state index contributed by atoms with van der Waals surface area (Å²) in [5.74, 6) is 0.971. The molecule has 1 amide bonds. The third kappa shape index (κ3) is 3.05. The van der Waals surface area contributed by atoms with E-state index in [2.05, 4.69) is 26.1 Å². The van der Waals surface area contributed by atoms with Crippen molar-refractivity contribution in [3.05, 3.63) is 0 Å². The number of likely N-dealkylation sites (tertiary alicyclic amines) is 1. The van der Waals surface area contributed by atoms with Crippen molar-refractivity contribution in [1.82, 2.24) is 10.2 Å². The highest BCUT2D eigenvalue weighted by atomic mass is 16.2. The number of carbonyl (C=O) groups excluding carboxylic acids is 1. The van der Waals surface area contributed by atoms with Crippen LogP contribution in [0.1, 0.15) is 53.4 Å². The van der Waals surface area contributed by atoms with Crippen LogP contribution in [0.25, 0.3) is 0 Å². The first-order valence-corrected chi connectivity index (χ1v) is 7.44. The second kappa shape index (κ2) is 5.20. The predicted octanol–water partition coefficient (Wildman–Crippen LogP) is 2.41. The molecule has 0 spiro atoms. The van der Waals surface area contributed by atoms with E-state index in [1.165, 1.54) is 25.7 Å². The Labute approximate surface area is 111 Å². The van der Waals surface area contributed by atoms with E-state index in [1.54, 1.807) is 0 Å². The van der Waals surface area contributed by atoms with Crippen molar-refractivity contribution >= 4 is 5.91 Å². The maximum atomic E-state index is 12.3. The van der Waals surface area contributed by atoms with Crippen molar-refractivity contribution in [2.75, 3.05) is 13.1 Å². The summed E-state index contributed by atoms with van der Waals surface area (Å²) < 4.78 is 0. The lowest BCUT2D eigenvalue weighted by molar-refractivity contribution is -0.132. The van der Waals surface area contributed by atoms with Gasteiger partial charge in [0.1, 0.15) is 0 Å². The summed E-state index contributed by atoms with van der Waals surface area (Å²) in [5, 5.41) is 3.57. The highest BCUT2D eigenvalue weighted by molar-refractivity contribution is 5.81. The molecule has 1 heterocycles. The minimum atomic E-state index is -0.0237. The van der Waals surface area contributed by atoms with Crippen molar-refractivity contribution in [1.29, 1.82) is 0 Å². The lowest BCUT2D eigenvalue weighted by Gasteiger charge is -2.26. The van der Waals surface area contributed by atoms with E-state index in [0.29, 0.717) is 23.3 Å². The Morgan fingerprint density at radius 1 is 1.28 bits per heavy atom. The van der Waals surface area contributed by atoms with Gasteiger partial charge in [-0.1, -0.05) is 20.8 Å². The van der Waals surface area contributed by atoms with Crippen LogP contribution in [0.5, 0.6) is 0 Å². The number of nitrogens with one attached hydrogen (secondary N) is 1. The Morgan fingerprint density at radius 3 is 2.39 bits per heavy atom. The van der Waals surface area contributed by atoms with Crippen molar-refractivity contribution in [3.8, 4) is 0 Å². The number of carbonyl (C=O) groups is 1. The minimum absolute atomic E-state index is 0.0237. The molecule has 2 rings (SSSR count). The van der Waals surface area contributed by atoms with Crippen LogP contribution in [0.15, 0.2) is 0 Å². The lowest BCUT2D eigenvalue weighted by Crippen LogP contribution is -2.48. The summed E-state index contributed by atoms with van der Waals surface area (Å²) in [6, 6.07) is 0.478. The molecule has 2 fully saturated rings. The van der Waals surface area contributed by atoms with E-state index >= 15 is 0 Å². The molecule has 3 nitrogen and oxygen atoms in total. The Morgan fingerprint density at radius 2 is 1.89 bits per heavy atom. The molecule has 0 radical (unpaired) electrons. The molecule has 3 unspecified atom stereocenters. The summed E-state index contributed by atoms with van der Waals surface area (Å²) >= 11 is 0. The lowest BCUT2D eigenvalue weighted by atomic mass is 9.91. The van der Waals surface area contributed by atoms with Crippen molar-refractivity contribution in [2.24, 2.45) is 11.3 Å². The van der Waals surface area contributed by atoms with Crippen LogP contribution in [0, 0.1) is 11.3 Å². The summed E-state index contributed by atoms with van der Waals surface area (Å²) in [7, 11) is 0. The average Bonchev–Trinajstić information content (AvgIpc) is 2.86. The molecule has 3 heteroatoms. The van der Waals surface area contributed by atoms with Gasteiger partial charge < -0.3 is 10.2 Å². The molecule has 1 N–H and O–H groups in total. The van der Waals surface area contributed by atoms with E-state index in [-0.39, 0.29) is 6.04 Å². The van der Waals surface area contributed by atoms with E-state index in [9.17, 15) is 4.79 Å². The molecular formula is C15H28N2O. The van der Waals surface area contributed by atoms with E-state index < -0.39 is 0 Å². The first-order chi connectivity index (χ1) is 8.39. The molecule has 3 atom stereocenters. The summed E-state index contributed by atoms with van der Waals surface area (Å²) in [5.41, 5.74) is 0.424. The number of nitrogens with zero attached hydrogens (tertiary/aromatic N) is 1. The van der Waals surface area contributed by atoms with Gasteiger partial charge in [-0.15, -0.1) is 0 Å². The van der Waals surface area contributed by atoms with E-state index in [4.69, 9.17) is 0 Å². The standard InChI is InChI=1S/C15H28N2O/c1-11-9-15(3,4)10-13(11)16-12(2)14(18)17-7-5-6-8-17/h11-13,16H,5-10H2,1-4H3. The molecule has 18 heavy (non-hydrogen) atoms. The smallest absolute Gasteiger partial charge is 0.239 e. The van der Waals surface area contributed by atoms with Crippen LogP contribution in [-0.2, 0) is 4.79 Å². The van der Waals surface area contributed by atoms with Gasteiger partial charge in [0.25, 0.3) is 0 Å². The van der Waals surface area contributed by atoms with Gasteiger partial charge in [-0.2, -0.15) is 0 Å². The molecule has 1 aliphatic heterocycles. The number of hydrogen-bond acceptors (Lipinski definition) is 2. The van der Waals surface area contributed by atoms with Gasteiger partial charge in [0, 0.05) is 19.1 Å². The molecule has 1 saturated carbocycles. The molecule has 0 aromatic rings. The second-order valence-corrected chi connectivity index (χ2v) is 7.08. The van der Waals surface area contributed by atoms with Crippen LogP contribution in [0.2, 0.25) is 0 Å². The van der Waals surface area contributed by atoms with Crippen LogP contribution in [0.3, 0.4) is 0 Å². The second-order valence-electron chi connectivity index (χ2n) is 7.08. The highest BCUT2D eigenvalue weighted by Gasteiger charge is 2.38. The van der Waals surface area contributed by atoms with Gasteiger partial charge in [-0.05, 0) is 43.9 Å². The fraction of sp³-hybridized carbons (Fsp3) is 0.933. The largest absolute Gasteiger partial charge is 0.341 e. The van der Waals surface area contributed by atoms with E-state index in [1.807, 2.05) is 11.8 Å². The van der Waals surface area contributed by atoms with Gasteiger partial charge in [0.05, 0.1) is 6.04 Å². The average molecular weight is 252 g/mol. The molecule has 1 saturated heterocycles. The molecular weight excluding hydrogens is 224 g/mol. The van der Waals surface area contributed by atoms with Crippen molar-refractivity contribution in [3.63, 3.8) is 0 Å². The first-order valence-electron chi connectivity index (χ1n) is 7.44. The predicted molar refractivity (Wildman–Crippen MR) is 74.4 cm³/mol. The monoisotopic (exact) mass is 252 g/mol. The normalized spacial score (nSPS) is 32.8. The molecule has 0 aromatic carbocycles. The molecule has 0 aromatic heterocycles. The third-order valence-electron chi connectivity index (χ3n) is 4.59. The zero-order valence-electron chi connectivity index (χ0n) is 12.3. The minimum Gasteiger partial charge on any atom is -0.341 e. The maximum absolute atomic E-state index is 12.3. The van der Waals surface area contributed by atoms with Crippen LogP contribution in [0.4, 0.5) is 0 Å². The topological polar surface area (TPSA) is 32.3 Å². The number of rotatable bonds is 3.